The standard InChI is InChI=1S/C27H17Br2N3O4/c1-3-10-35-25-20(29)11-16(12-23(25)34-2)15-30-32-26(31-21-7-5-4-6-19(21)27(32)33)24-14-17-13-18(28)8-9-22(17)36-24/h1,4-9,11-15H,10H2,2H3. The second-order valence-electron chi connectivity index (χ2n) is 7.63. The van der Waals surface area contributed by atoms with Gasteiger partial charge in [-0.3, -0.25) is 4.79 Å². The SMILES string of the molecule is C#CCOc1c(Br)cc(C=Nn2c(-c3cc4cc(Br)ccc4o3)nc3ccccc3c2=O)cc1OC. The third-order valence-corrected chi connectivity index (χ3v) is 6.41. The van der Waals surface area contributed by atoms with Crippen molar-refractivity contribution in [2.75, 3.05) is 13.7 Å². The van der Waals surface area contributed by atoms with Crippen molar-refractivity contribution in [3.05, 3.63) is 85.5 Å². The number of methoxy groups -OCH3 is 1. The van der Waals surface area contributed by atoms with E-state index in [4.69, 9.17) is 25.3 Å². The molecule has 0 aliphatic heterocycles. The second-order valence-corrected chi connectivity index (χ2v) is 9.40. The van der Waals surface area contributed by atoms with Crippen LogP contribution in [-0.4, -0.2) is 29.6 Å². The van der Waals surface area contributed by atoms with Crippen LogP contribution in [0.3, 0.4) is 0 Å². The number of hydrogen-bond donors (Lipinski definition) is 0. The van der Waals surface area contributed by atoms with Crippen LogP contribution in [-0.2, 0) is 0 Å². The summed E-state index contributed by atoms with van der Waals surface area (Å²) in [5.74, 6) is 4.07. The molecule has 0 unspecified atom stereocenters. The van der Waals surface area contributed by atoms with E-state index < -0.39 is 0 Å². The fourth-order valence-electron chi connectivity index (χ4n) is 3.71. The number of aromatic nitrogens is 2. The maximum atomic E-state index is 13.5. The number of nitrogens with zero attached hydrogens (tertiary/aromatic N) is 3. The summed E-state index contributed by atoms with van der Waals surface area (Å²) in [6.45, 7) is 0.0952. The molecule has 5 aromatic rings. The van der Waals surface area contributed by atoms with Gasteiger partial charge in [0.05, 0.1) is 28.7 Å². The average molecular weight is 607 g/mol. The van der Waals surface area contributed by atoms with Crippen molar-refractivity contribution in [3.63, 3.8) is 0 Å². The Bertz CT molecular complexity index is 1750. The van der Waals surface area contributed by atoms with Crippen molar-refractivity contribution in [1.82, 2.24) is 9.66 Å². The largest absolute Gasteiger partial charge is 0.493 e. The van der Waals surface area contributed by atoms with E-state index in [1.54, 1.807) is 36.5 Å². The molecule has 2 heterocycles. The molecular formula is C27H17Br2N3O4. The summed E-state index contributed by atoms with van der Waals surface area (Å²) in [4.78, 5) is 18.2. The summed E-state index contributed by atoms with van der Waals surface area (Å²) in [5, 5.41) is 5.80. The monoisotopic (exact) mass is 605 g/mol. The number of terminal acetylenes is 1. The van der Waals surface area contributed by atoms with Crippen molar-refractivity contribution >= 4 is 59.9 Å². The Kier molecular flexibility index (Phi) is 6.63. The lowest BCUT2D eigenvalue weighted by Gasteiger charge is -2.12. The lowest BCUT2D eigenvalue weighted by atomic mass is 10.2. The molecule has 0 aliphatic carbocycles. The maximum absolute atomic E-state index is 13.5. The summed E-state index contributed by atoms with van der Waals surface area (Å²) in [6, 6.07) is 18.1. The molecule has 0 N–H and O–H groups in total. The van der Waals surface area contributed by atoms with Crippen molar-refractivity contribution in [3.8, 4) is 35.4 Å². The van der Waals surface area contributed by atoms with E-state index in [-0.39, 0.29) is 18.0 Å². The fraction of sp³-hybridized carbons (Fsp3) is 0.0741. The number of para-hydroxylation sites is 1. The van der Waals surface area contributed by atoms with Gasteiger partial charge in [-0.15, -0.1) is 6.42 Å². The Labute approximate surface area is 222 Å². The molecule has 36 heavy (non-hydrogen) atoms. The molecule has 178 valence electrons. The zero-order chi connectivity index (χ0) is 25.2. The second kappa shape index (κ2) is 10.0. The van der Waals surface area contributed by atoms with E-state index in [0.717, 1.165) is 9.86 Å². The Balaban J connectivity index is 1.66. The molecular weight excluding hydrogens is 590 g/mol. The molecule has 7 nitrogen and oxygen atoms in total. The zero-order valence-corrected chi connectivity index (χ0v) is 22.0. The van der Waals surface area contributed by atoms with E-state index in [9.17, 15) is 4.79 Å². The third kappa shape index (κ3) is 4.53. The predicted molar refractivity (Wildman–Crippen MR) is 147 cm³/mol. The maximum Gasteiger partial charge on any atom is 0.282 e. The van der Waals surface area contributed by atoms with Gasteiger partial charge in [-0.25, -0.2) is 4.98 Å². The highest BCUT2D eigenvalue weighted by Crippen LogP contribution is 2.36. The van der Waals surface area contributed by atoms with Crippen molar-refractivity contribution in [2.24, 2.45) is 5.10 Å². The molecule has 0 aliphatic rings. The minimum Gasteiger partial charge on any atom is -0.493 e. The Morgan fingerprint density at radius 2 is 2.00 bits per heavy atom. The Morgan fingerprint density at radius 3 is 2.81 bits per heavy atom. The molecule has 0 spiro atoms. The van der Waals surface area contributed by atoms with E-state index in [0.29, 0.717) is 43.8 Å². The van der Waals surface area contributed by atoms with Crippen LogP contribution < -0.4 is 15.0 Å². The number of ether oxygens (including phenoxy) is 2. The molecule has 0 saturated heterocycles. The quantitative estimate of drug-likeness (QED) is 0.169. The number of halogens is 2. The van der Waals surface area contributed by atoms with Crippen LogP contribution in [0.2, 0.25) is 0 Å². The number of fused-ring (bicyclic) bond motifs is 2. The normalized spacial score (nSPS) is 11.3. The average Bonchev–Trinajstić information content (AvgIpc) is 3.30. The number of furan rings is 1. The number of benzene rings is 3. The first-order chi connectivity index (χ1) is 17.5. The molecule has 9 heteroatoms. The smallest absolute Gasteiger partial charge is 0.282 e. The Hall–Kier alpha value is -3.87. The fourth-order valence-corrected chi connectivity index (χ4v) is 4.66. The van der Waals surface area contributed by atoms with Crippen LogP contribution in [0.4, 0.5) is 0 Å². The molecule has 0 saturated carbocycles. The van der Waals surface area contributed by atoms with Gasteiger partial charge in [-0.1, -0.05) is 34.0 Å². The molecule has 3 aromatic carbocycles. The van der Waals surface area contributed by atoms with Gasteiger partial charge >= 0.3 is 0 Å². The van der Waals surface area contributed by atoms with E-state index >= 15 is 0 Å². The van der Waals surface area contributed by atoms with E-state index in [1.807, 2.05) is 30.3 Å². The van der Waals surface area contributed by atoms with Gasteiger partial charge < -0.3 is 13.9 Å². The summed E-state index contributed by atoms with van der Waals surface area (Å²) in [5.41, 5.74) is 1.55. The minimum absolute atomic E-state index is 0.0952. The molecule has 5 rings (SSSR count). The first-order valence-corrected chi connectivity index (χ1v) is 12.3. The van der Waals surface area contributed by atoms with Gasteiger partial charge in [0.25, 0.3) is 5.56 Å². The lowest BCUT2D eigenvalue weighted by Crippen LogP contribution is -2.20. The van der Waals surface area contributed by atoms with Crippen molar-refractivity contribution in [1.29, 1.82) is 0 Å². The highest BCUT2D eigenvalue weighted by Gasteiger charge is 2.17. The summed E-state index contributed by atoms with van der Waals surface area (Å²) < 4.78 is 19.8. The summed E-state index contributed by atoms with van der Waals surface area (Å²) in [7, 11) is 1.53. The molecule has 2 aromatic heterocycles. The highest BCUT2D eigenvalue weighted by molar-refractivity contribution is 9.10. The minimum atomic E-state index is -0.325. The third-order valence-electron chi connectivity index (χ3n) is 5.33. The first-order valence-electron chi connectivity index (χ1n) is 10.7. The first kappa shape index (κ1) is 23.9. The lowest BCUT2D eigenvalue weighted by molar-refractivity contribution is 0.329. The van der Waals surface area contributed by atoms with E-state index in [2.05, 4.69) is 42.9 Å². The highest BCUT2D eigenvalue weighted by atomic mass is 79.9. The molecule has 0 bridgehead atoms. The summed E-state index contributed by atoms with van der Waals surface area (Å²) in [6.07, 6.45) is 6.85. The molecule has 0 radical (unpaired) electrons. The summed E-state index contributed by atoms with van der Waals surface area (Å²) >= 11 is 6.96. The zero-order valence-electron chi connectivity index (χ0n) is 18.9. The van der Waals surface area contributed by atoms with Gasteiger partial charge in [0.15, 0.2) is 17.3 Å². The van der Waals surface area contributed by atoms with Gasteiger partial charge in [-0.2, -0.15) is 9.78 Å². The van der Waals surface area contributed by atoms with Gasteiger partial charge in [-0.05, 0) is 70.0 Å². The molecule has 0 fully saturated rings. The van der Waals surface area contributed by atoms with Gasteiger partial charge in [0.1, 0.15) is 12.2 Å². The topological polar surface area (TPSA) is 78.9 Å². The van der Waals surface area contributed by atoms with Crippen LogP contribution in [0.5, 0.6) is 11.5 Å². The van der Waals surface area contributed by atoms with Gasteiger partial charge in [0, 0.05) is 9.86 Å². The van der Waals surface area contributed by atoms with Gasteiger partial charge in [0.2, 0.25) is 5.82 Å². The van der Waals surface area contributed by atoms with Crippen LogP contribution in [0.15, 0.2) is 83.9 Å². The van der Waals surface area contributed by atoms with Crippen LogP contribution in [0, 0.1) is 12.3 Å². The molecule has 0 atom stereocenters. The van der Waals surface area contributed by atoms with E-state index in [1.165, 1.54) is 11.8 Å². The molecule has 0 amide bonds. The van der Waals surface area contributed by atoms with Crippen LogP contribution >= 0.6 is 31.9 Å². The van der Waals surface area contributed by atoms with Crippen molar-refractivity contribution in [2.45, 2.75) is 0 Å². The number of rotatable bonds is 6. The Morgan fingerprint density at radius 1 is 1.17 bits per heavy atom. The van der Waals surface area contributed by atoms with Crippen molar-refractivity contribution < 1.29 is 13.9 Å². The van der Waals surface area contributed by atoms with Crippen LogP contribution in [0.25, 0.3) is 33.5 Å². The number of hydrogen-bond acceptors (Lipinski definition) is 6. The van der Waals surface area contributed by atoms with Crippen LogP contribution in [0.1, 0.15) is 5.56 Å². The predicted octanol–water partition coefficient (Wildman–Crippen LogP) is 6.24.